The van der Waals surface area contributed by atoms with E-state index in [2.05, 4.69) is 0 Å². The largest absolute Gasteiger partial charge is 0.381 e. The maximum Gasteiger partial charge on any atom is 0.179 e. The molecule has 4 aliphatic carbocycles. The molecule has 4 aliphatic rings. The molecule has 0 saturated heterocycles. The first-order valence-corrected chi connectivity index (χ1v) is 11.1. The van der Waals surface area contributed by atoms with Crippen LogP contribution >= 0.6 is 11.6 Å². The summed E-state index contributed by atoms with van der Waals surface area (Å²) < 4.78 is 16.9. The maximum absolute atomic E-state index is 16.9. The van der Waals surface area contributed by atoms with Crippen molar-refractivity contribution in [2.75, 3.05) is 5.88 Å². The average Bonchev–Trinajstić information content (AvgIpc) is 2.84. The van der Waals surface area contributed by atoms with Crippen molar-refractivity contribution in [2.24, 2.45) is 34.5 Å². The van der Waals surface area contributed by atoms with E-state index >= 15 is 4.39 Å². The van der Waals surface area contributed by atoms with Crippen LogP contribution in [0.2, 0.25) is 0 Å². The first kappa shape index (κ1) is 20.5. The zero-order valence-corrected chi connectivity index (χ0v) is 17.7. The Morgan fingerprint density at radius 3 is 2.54 bits per heavy atom. The van der Waals surface area contributed by atoms with E-state index in [0.29, 0.717) is 38.5 Å². The number of aliphatic hydroxyl groups is 1. The van der Waals surface area contributed by atoms with E-state index < -0.39 is 39.6 Å². The van der Waals surface area contributed by atoms with Crippen molar-refractivity contribution < 1.29 is 23.9 Å². The number of fused-ring (bicyclic) bond motifs is 5. The van der Waals surface area contributed by atoms with Crippen LogP contribution in [0, 0.1) is 34.5 Å². The summed E-state index contributed by atoms with van der Waals surface area (Å²) >= 11 is 5.81. The van der Waals surface area contributed by atoms with Crippen LogP contribution in [-0.4, -0.2) is 39.6 Å². The molecule has 0 bridgehead atoms. The Labute approximate surface area is 170 Å². The van der Waals surface area contributed by atoms with Crippen LogP contribution in [0.5, 0.6) is 0 Å². The van der Waals surface area contributed by atoms with Crippen molar-refractivity contribution in [1.82, 2.24) is 0 Å². The normalized spacial score (nSPS) is 53.4. The van der Waals surface area contributed by atoms with Gasteiger partial charge in [-0.1, -0.05) is 20.8 Å². The number of halogens is 2. The number of rotatable bonds is 2. The molecule has 156 valence electrons. The molecule has 0 spiro atoms. The summed E-state index contributed by atoms with van der Waals surface area (Å²) in [5, 5.41) is 11.5. The van der Waals surface area contributed by atoms with Gasteiger partial charge in [-0.3, -0.25) is 14.4 Å². The van der Waals surface area contributed by atoms with E-state index in [0.717, 1.165) is 0 Å². The van der Waals surface area contributed by atoms with Gasteiger partial charge in [-0.25, -0.2) is 4.39 Å². The molecule has 0 aromatic heterocycles. The van der Waals surface area contributed by atoms with Crippen LogP contribution < -0.4 is 0 Å². The van der Waals surface area contributed by atoms with E-state index in [1.54, 1.807) is 6.92 Å². The second-order valence-electron chi connectivity index (χ2n) is 10.3. The van der Waals surface area contributed by atoms with Gasteiger partial charge in [-0.15, -0.1) is 11.6 Å². The number of ketones is 3. The van der Waals surface area contributed by atoms with Crippen LogP contribution in [-0.2, 0) is 14.4 Å². The fourth-order valence-electron chi connectivity index (χ4n) is 7.80. The Kier molecular flexibility index (Phi) is 4.46. The summed E-state index contributed by atoms with van der Waals surface area (Å²) in [5.74, 6) is -2.36. The van der Waals surface area contributed by atoms with Gasteiger partial charge >= 0.3 is 0 Å². The molecule has 0 amide bonds. The number of hydrogen-bond acceptors (Lipinski definition) is 4. The van der Waals surface area contributed by atoms with E-state index in [-0.39, 0.29) is 35.8 Å². The van der Waals surface area contributed by atoms with Crippen LogP contribution in [0.1, 0.15) is 65.7 Å². The van der Waals surface area contributed by atoms with Crippen LogP contribution in [0.4, 0.5) is 4.39 Å². The Balaban J connectivity index is 1.80. The number of carbonyl (C=O) groups excluding carboxylic acids is 3. The third-order valence-electron chi connectivity index (χ3n) is 9.44. The van der Waals surface area contributed by atoms with Gasteiger partial charge in [0.25, 0.3) is 0 Å². The molecule has 0 radical (unpaired) electrons. The molecule has 4 saturated carbocycles. The fourth-order valence-corrected chi connectivity index (χ4v) is 8.00. The molecule has 4 fully saturated rings. The zero-order valence-electron chi connectivity index (χ0n) is 16.9. The molecule has 6 heteroatoms. The molecular weight excluding hydrogens is 383 g/mol. The molecule has 4 rings (SSSR count). The molecule has 0 aliphatic heterocycles. The van der Waals surface area contributed by atoms with E-state index in [4.69, 9.17) is 11.6 Å². The van der Waals surface area contributed by atoms with Gasteiger partial charge < -0.3 is 5.11 Å². The first-order valence-electron chi connectivity index (χ1n) is 10.5. The smallest absolute Gasteiger partial charge is 0.179 e. The Hall–Kier alpha value is -0.810. The van der Waals surface area contributed by atoms with Gasteiger partial charge in [-0.05, 0) is 43.4 Å². The molecule has 0 heterocycles. The maximum atomic E-state index is 16.9. The lowest BCUT2D eigenvalue weighted by molar-refractivity contribution is -0.207. The summed E-state index contributed by atoms with van der Waals surface area (Å²) in [6.45, 7) is 5.44. The van der Waals surface area contributed by atoms with E-state index in [9.17, 15) is 19.5 Å². The summed E-state index contributed by atoms with van der Waals surface area (Å²) in [4.78, 5) is 38.1. The van der Waals surface area contributed by atoms with Gasteiger partial charge in [0.1, 0.15) is 11.4 Å². The minimum Gasteiger partial charge on any atom is -0.381 e. The van der Waals surface area contributed by atoms with Crippen molar-refractivity contribution >= 4 is 29.0 Å². The molecule has 0 aromatic rings. The lowest BCUT2D eigenvalue weighted by Gasteiger charge is -2.62. The third-order valence-corrected chi connectivity index (χ3v) is 9.68. The third kappa shape index (κ3) is 2.13. The minimum absolute atomic E-state index is 0.106. The average molecular weight is 413 g/mol. The number of carbonyl (C=O) groups is 3. The molecule has 8 atom stereocenters. The molecule has 1 N–H and O–H groups in total. The highest BCUT2D eigenvalue weighted by molar-refractivity contribution is 6.29. The van der Waals surface area contributed by atoms with Crippen molar-refractivity contribution in [2.45, 2.75) is 77.0 Å². The lowest BCUT2D eigenvalue weighted by atomic mass is 9.42. The fraction of sp³-hybridized carbons (Fsp3) is 0.864. The Bertz CT molecular complexity index is 755. The van der Waals surface area contributed by atoms with Gasteiger partial charge in [0.05, 0.1) is 5.88 Å². The molecular formula is C22H30ClFO4. The van der Waals surface area contributed by atoms with Crippen molar-refractivity contribution in [3.8, 4) is 0 Å². The number of alkyl halides is 2. The lowest BCUT2D eigenvalue weighted by Crippen LogP contribution is -2.69. The summed E-state index contributed by atoms with van der Waals surface area (Å²) in [5.41, 5.74) is -5.53. The van der Waals surface area contributed by atoms with Crippen LogP contribution in [0.15, 0.2) is 0 Å². The van der Waals surface area contributed by atoms with Gasteiger partial charge in [-0.2, -0.15) is 0 Å². The predicted octanol–water partition coefficient (Wildman–Crippen LogP) is 3.65. The van der Waals surface area contributed by atoms with Gasteiger partial charge in [0.15, 0.2) is 17.2 Å². The number of hydrogen-bond donors (Lipinski definition) is 1. The highest BCUT2D eigenvalue weighted by atomic mass is 35.5. The second kappa shape index (κ2) is 6.10. The highest BCUT2D eigenvalue weighted by Gasteiger charge is 2.76. The van der Waals surface area contributed by atoms with Crippen molar-refractivity contribution in [3.05, 3.63) is 0 Å². The molecule has 0 aromatic carbocycles. The first-order chi connectivity index (χ1) is 13.0. The highest BCUT2D eigenvalue weighted by Crippen LogP contribution is 2.70. The molecule has 0 unspecified atom stereocenters. The Morgan fingerprint density at radius 2 is 1.89 bits per heavy atom. The summed E-state index contributed by atoms with van der Waals surface area (Å²) in [7, 11) is 0. The van der Waals surface area contributed by atoms with Crippen LogP contribution in [0.25, 0.3) is 0 Å². The SMILES string of the molecule is C[C@H]1C[C@H]2[C@@H]3CC[C@@H]4CC(=O)CC[C@]4(C)[C@@]3(F)C(=O)C[C@]2(C)[C@@]1(O)C(=O)CCl. The van der Waals surface area contributed by atoms with Crippen molar-refractivity contribution in [1.29, 1.82) is 0 Å². The quantitative estimate of drug-likeness (QED) is 0.702. The van der Waals surface area contributed by atoms with Crippen LogP contribution in [0.3, 0.4) is 0 Å². The topological polar surface area (TPSA) is 71.4 Å². The monoisotopic (exact) mass is 412 g/mol. The molecule has 4 nitrogen and oxygen atoms in total. The molecule has 28 heavy (non-hydrogen) atoms. The summed E-state index contributed by atoms with van der Waals surface area (Å²) in [6, 6.07) is 0. The zero-order chi connectivity index (χ0) is 20.7. The summed E-state index contributed by atoms with van der Waals surface area (Å²) in [6.07, 6.45) is 2.69. The van der Waals surface area contributed by atoms with Gasteiger partial charge in [0, 0.05) is 36.0 Å². The minimum atomic E-state index is -1.99. The standard InChI is InChI=1S/C22H30ClFO4/c1-12-8-16-15-5-4-13-9-14(25)6-7-19(13,2)21(15,24)17(26)10-20(16,3)22(12,28)18(27)11-23/h12-13,15-16,28H,4-11H2,1-3H3/t12-,13+,15-,16-,19-,20-,21-,22-/m0/s1. The Morgan fingerprint density at radius 1 is 1.21 bits per heavy atom. The van der Waals surface area contributed by atoms with Crippen molar-refractivity contribution in [3.63, 3.8) is 0 Å². The van der Waals surface area contributed by atoms with E-state index in [1.165, 1.54) is 0 Å². The predicted molar refractivity (Wildman–Crippen MR) is 103 cm³/mol. The van der Waals surface area contributed by atoms with E-state index in [1.807, 2.05) is 13.8 Å². The van der Waals surface area contributed by atoms with Gasteiger partial charge in [0.2, 0.25) is 0 Å². The number of Topliss-reactive ketones (excluding diaryl/α,β-unsaturated/α-hetero) is 3. The second-order valence-corrected chi connectivity index (χ2v) is 10.6.